The Hall–Kier alpha value is -1.36. The highest BCUT2D eigenvalue weighted by atomic mass is 32.2. The molecule has 1 aromatic carbocycles. The highest BCUT2D eigenvalue weighted by molar-refractivity contribution is 7.85. The Kier molecular flexibility index (Phi) is 4.30. The van der Waals surface area contributed by atoms with Crippen molar-refractivity contribution in [3.63, 3.8) is 0 Å². The number of nitrogens with two attached hydrogens (primary N) is 1. The van der Waals surface area contributed by atoms with E-state index in [1.807, 2.05) is 0 Å². The fourth-order valence-electron chi connectivity index (χ4n) is 1.01. The van der Waals surface area contributed by atoms with E-state index in [9.17, 15) is 9.00 Å². The lowest BCUT2D eigenvalue weighted by Crippen LogP contribution is -2.14. The van der Waals surface area contributed by atoms with E-state index in [1.165, 1.54) is 0 Å². The van der Waals surface area contributed by atoms with Crippen LogP contribution in [0.25, 0.3) is 0 Å². The fraction of sp³-hybridized carbons (Fsp3) is 0.300. The lowest BCUT2D eigenvalue weighted by molar-refractivity contribution is -0.139. The molecule has 1 atom stereocenters. The van der Waals surface area contributed by atoms with Crippen molar-refractivity contribution in [3.8, 4) is 0 Å². The largest absolute Gasteiger partial charge is 0.465 e. The number of nitrogen functional groups attached to an aromatic ring is 1. The molecule has 0 amide bonds. The van der Waals surface area contributed by atoms with Gasteiger partial charge in [-0.05, 0) is 31.2 Å². The Labute approximate surface area is 90.9 Å². The molecule has 0 heterocycles. The third-order valence-electron chi connectivity index (χ3n) is 1.70. The second-order valence-electron chi connectivity index (χ2n) is 2.86. The summed E-state index contributed by atoms with van der Waals surface area (Å²) in [5.41, 5.74) is 6.09. The van der Waals surface area contributed by atoms with Gasteiger partial charge in [0.15, 0.2) is 0 Å². The van der Waals surface area contributed by atoms with E-state index in [2.05, 4.69) is 0 Å². The first-order valence-corrected chi connectivity index (χ1v) is 5.85. The van der Waals surface area contributed by atoms with Crippen LogP contribution in [0.4, 0.5) is 5.69 Å². The fourth-order valence-corrected chi connectivity index (χ4v) is 1.92. The van der Waals surface area contributed by atoms with Crippen LogP contribution in [0.1, 0.15) is 6.92 Å². The first-order valence-electron chi connectivity index (χ1n) is 4.53. The van der Waals surface area contributed by atoms with Crippen molar-refractivity contribution in [2.45, 2.75) is 11.8 Å². The van der Waals surface area contributed by atoms with E-state index < -0.39 is 16.8 Å². The Morgan fingerprint density at radius 2 is 2.00 bits per heavy atom. The molecule has 15 heavy (non-hydrogen) atoms. The third kappa shape index (κ3) is 3.71. The molecule has 0 aromatic heterocycles. The van der Waals surface area contributed by atoms with Crippen LogP contribution in [0.3, 0.4) is 0 Å². The molecule has 0 aliphatic heterocycles. The van der Waals surface area contributed by atoms with Crippen LogP contribution >= 0.6 is 0 Å². The van der Waals surface area contributed by atoms with Gasteiger partial charge in [0.2, 0.25) is 0 Å². The molecule has 5 heteroatoms. The van der Waals surface area contributed by atoms with Crippen molar-refractivity contribution < 1.29 is 13.7 Å². The van der Waals surface area contributed by atoms with Crippen LogP contribution in [0.15, 0.2) is 29.2 Å². The number of hydrogen-bond acceptors (Lipinski definition) is 4. The molecule has 0 aliphatic carbocycles. The normalized spacial score (nSPS) is 12.1. The second kappa shape index (κ2) is 5.50. The molecular weight excluding hydrogens is 214 g/mol. The molecule has 0 saturated heterocycles. The highest BCUT2D eigenvalue weighted by Crippen LogP contribution is 2.10. The maximum Gasteiger partial charge on any atom is 0.318 e. The molecule has 4 nitrogen and oxygen atoms in total. The van der Waals surface area contributed by atoms with E-state index in [0.29, 0.717) is 17.2 Å². The molecule has 0 spiro atoms. The van der Waals surface area contributed by atoms with E-state index >= 15 is 0 Å². The van der Waals surface area contributed by atoms with Crippen LogP contribution in [0.5, 0.6) is 0 Å². The van der Waals surface area contributed by atoms with Gasteiger partial charge in [0, 0.05) is 10.6 Å². The van der Waals surface area contributed by atoms with Gasteiger partial charge in [-0.15, -0.1) is 0 Å². The summed E-state index contributed by atoms with van der Waals surface area (Å²) in [7, 11) is -1.35. The Balaban J connectivity index is 2.61. The summed E-state index contributed by atoms with van der Waals surface area (Å²) in [5.74, 6) is -0.565. The molecule has 0 bridgehead atoms. The van der Waals surface area contributed by atoms with Crippen LogP contribution in [-0.2, 0) is 20.3 Å². The zero-order valence-electron chi connectivity index (χ0n) is 8.43. The van der Waals surface area contributed by atoms with Gasteiger partial charge in [0.1, 0.15) is 5.75 Å². The van der Waals surface area contributed by atoms with Crippen molar-refractivity contribution >= 4 is 22.5 Å². The minimum atomic E-state index is -1.35. The first-order chi connectivity index (χ1) is 7.13. The Morgan fingerprint density at radius 1 is 1.40 bits per heavy atom. The van der Waals surface area contributed by atoms with Crippen molar-refractivity contribution in [2.24, 2.45) is 0 Å². The number of anilines is 1. The van der Waals surface area contributed by atoms with E-state index in [-0.39, 0.29) is 5.75 Å². The molecule has 2 N–H and O–H groups in total. The van der Waals surface area contributed by atoms with Gasteiger partial charge in [-0.2, -0.15) is 0 Å². The summed E-state index contributed by atoms with van der Waals surface area (Å²) in [6, 6.07) is 6.59. The Bertz CT molecular complexity index is 361. The number of ether oxygens (including phenoxy) is 1. The van der Waals surface area contributed by atoms with Gasteiger partial charge >= 0.3 is 5.97 Å². The summed E-state index contributed by atoms with van der Waals surface area (Å²) in [4.78, 5) is 11.6. The van der Waals surface area contributed by atoms with E-state index in [4.69, 9.17) is 10.5 Å². The molecule has 1 aromatic rings. The van der Waals surface area contributed by atoms with Gasteiger partial charge in [-0.1, -0.05) is 0 Å². The number of esters is 1. The first kappa shape index (κ1) is 11.7. The topological polar surface area (TPSA) is 69.4 Å². The van der Waals surface area contributed by atoms with Crippen molar-refractivity contribution in [1.29, 1.82) is 0 Å². The van der Waals surface area contributed by atoms with Crippen LogP contribution in [-0.4, -0.2) is 22.5 Å². The average Bonchev–Trinajstić information content (AvgIpc) is 2.18. The molecular formula is C10H13NO3S. The predicted molar refractivity (Wildman–Crippen MR) is 58.8 cm³/mol. The molecule has 1 rings (SSSR count). The SMILES string of the molecule is CCOC(=O)CS(=O)c1ccc(N)cc1. The van der Waals surface area contributed by atoms with Crippen molar-refractivity contribution in [1.82, 2.24) is 0 Å². The third-order valence-corrected chi connectivity index (χ3v) is 2.99. The molecule has 0 aliphatic rings. The minimum Gasteiger partial charge on any atom is -0.465 e. The summed E-state index contributed by atoms with van der Waals surface area (Å²) < 4.78 is 16.3. The lowest BCUT2D eigenvalue weighted by atomic mass is 10.3. The summed E-state index contributed by atoms with van der Waals surface area (Å²) in [6.07, 6.45) is 0. The average molecular weight is 227 g/mol. The van der Waals surface area contributed by atoms with Crippen LogP contribution in [0.2, 0.25) is 0 Å². The molecule has 0 saturated carbocycles. The standard InChI is InChI=1S/C10H13NO3S/c1-2-14-10(12)7-15(13)9-5-3-8(11)4-6-9/h3-6H,2,7,11H2,1H3. The van der Waals surface area contributed by atoms with Crippen molar-refractivity contribution in [2.75, 3.05) is 18.1 Å². The number of carbonyl (C=O) groups is 1. The lowest BCUT2D eigenvalue weighted by Gasteiger charge is -2.02. The molecule has 0 fully saturated rings. The molecule has 0 radical (unpaired) electrons. The molecule has 82 valence electrons. The summed E-state index contributed by atoms with van der Waals surface area (Å²) in [6.45, 7) is 2.02. The van der Waals surface area contributed by atoms with E-state index in [1.54, 1.807) is 31.2 Å². The van der Waals surface area contributed by atoms with Gasteiger partial charge in [-0.3, -0.25) is 9.00 Å². The van der Waals surface area contributed by atoms with Crippen LogP contribution < -0.4 is 5.73 Å². The minimum absolute atomic E-state index is 0.113. The zero-order valence-corrected chi connectivity index (χ0v) is 9.25. The summed E-state index contributed by atoms with van der Waals surface area (Å²) in [5, 5.41) is 0. The van der Waals surface area contributed by atoms with Gasteiger partial charge in [-0.25, -0.2) is 0 Å². The zero-order chi connectivity index (χ0) is 11.3. The van der Waals surface area contributed by atoms with Crippen LogP contribution in [0, 0.1) is 0 Å². The summed E-state index contributed by atoms with van der Waals surface area (Å²) >= 11 is 0. The maximum atomic E-state index is 11.6. The number of hydrogen-bond donors (Lipinski definition) is 1. The maximum absolute atomic E-state index is 11.6. The van der Waals surface area contributed by atoms with Gasteiger partial charge < -0.3 is 10.5 Å². The second-order valence-corrected chi connectivity index (χ2v) is 4.32. The number of rotatable bonds is 4. The number of benzene rings is 1. The monoisotopic (exact) mass is 227 g/mol. The smallest absolute Gasteiger partial charge is 0.318 e. The van der Waals surface area contributed by atoms with Gasteiger partial charge in [0.05, 0.1) is 17.4 Å². The van der Waals surface area contributed by atoms with Crippen molar-refractivity contribution in [3.05, 3.63) is 24.3 Å². The molecule has 1 unspecified atom stereocenters. The van der Waals surface area contributed by atoms with E-state index in [0.717, 1.165) is 0 Å². The predicted octanol–water partition coefficient (Wildman–Crippen LogP) is 0.940. The highest BCUT2D eigenvalue weighted by Gasteiger charge is 2.10. The Morgan fingerprint density at radius 3 is 2.53 bits per heavy atom. The quantitative estimate of drug-likeness (QED) is 0.614. The van der Waals surface area contributed by atoms with Gasteiger partial charge in [0.25, 0.3) is 0 Å². The number of carbonyl (C=O) groups excluding carboxylic acids is 1.